The van der Waals surface area contributed by atoms with E-state index in [1.54, 1.807) is 0 Å². The van der Waals surface area contributed by atoms with E-state index in [0.29, 0.717) is 6.61 Å². The van der Waals surface area contributed by atoms with Crippen molar-refractivity contribution in [3.05, 3.63) is 0 Å². The van der Waals surface area contributed by atoms with Gasteiger partial charge in [0.25, 0.3) is 0 Å². The van der Waals surface area contributed by atoms with E-state index in [0.717, 1.165) is 25.8 Å². The maximum atomic E-state index is 12.0. The van der Waals surface area contributed by atoms with Crippen LogP contribution in [0.4, 0.5) is 0 Å². The smallest absolute Gasteiger partial charge is 0.308 e. The lowest BCUT2D eigenvalue weighted by Crippen LogP contribution is -2.25. The molecule has 0 heterocycles. The quantitative estimate of drug-likeness (QED) is 0.168. The third-order valence-electron chi connectivity index (χ3n) is 5.53. The molecule has 162 valence electrons. The molecule has 0 N–H and O–H groups in total. The number of ether oxygens (including phenoxy) is 1. The van der Waals surface area contributed by atoms with Crippen LogP contribution in [0.2, 0.25) is 0 Å². The average Bonchev–Trinajstić information content (AvgIpc) is 2.68. The number of hydrogen-bond donors (Lipinski definition) is 0. The molecule has 0 fully saturated rings. The highest BCUT2D eigenvalue weighted by Gasteiger charge is 2.13. The lowest BCUT2D eigenvalue weighted by Gasteiger charge is -2.20. The number of esters is 1. The molecule has 0 aliphatic heterocycles. The largest absolute Gasteiger partial charge is 0.465 e. The van der Waals surface area contributed by atoms with Crippen LogP contribution < -0.4 is 0 Å². The van der Waals surface area contributed by atoms with E-state index in [4.69, 9.17) is 4.74 Å². The van der Waals surface area contributed by atoms with E-state index in [2.05, 4.69) is 25.7 Å². The van der Waals surface area contributed by atoms with E-state index in [1.807, 2.05) is 6.92 Å². The molecule has 0 spiro atoms. The Morgan fingerprint density at radius 1 is 0.741 bits per heavy atom. The van der Waals surface area contributed by atoms with Crippen molar-refractivity contribution in [2.45, 2.75) is 118 Å². The minimum Gasteiger partial charge on any atom is -0.465 e. The van der Waals surface area contributed by atoms with Crippen LogP contribution in [0.3, 0.4) is 0 Å². The number of rotatable bonds is 20. The van der Waals surface area contributed by atoms with Gasteiger partial charge in [-0.05, 0) is 45.3 Å². The van der Waals surface area contributed by atoms with Crippen LogP contribution in [0, 0.1) is 5.92 Å². The van der Waals surface area contributed by atoms with Gasteiger partial charge in [0, 0.05) is 0 Å². The van der Waals surface area contributed by atoms with Crippen molar-refractivity contribution >= 4 is 5.97 Å². The Kier molecular flexibility index (Phi) is 19.7. The molecule has 0 aliphatic rings. The lowest BCUT2D eigenvalue weighted by atomic mass is 10.0. The Labute approximate surface area is 170 Å². The summed E-state index contributed by atoms with van der Waals surface area (Å²) in [6.07, 6.45) is 17.3. The predicted molar refractivity (Wildman–Crippen MR) is 118 cm³/mol. The maximum absolute atomic E-state index is 12.0. The van der Waals surface area contributed by atoms with E-state index >= 15 is 0 Å². The highest BCUT2D eigenvalue weighted by atomic mass is 16.5. The third-order valence-corrected chi connectivity index (χ3v) is 5.53. The zero-order chi connectivity index (χ0) is 20.2. The summed E-state index contributed by atoms with van der Waals surface area (Å²) < 4.78 is 5.46. The van der Waals surface area contributed by atoms with Gasteiger partial charge in [0.1, 0.15) is 0 Å². The molecule has 0 aromatic rings. The Balaban J connectivity index is 3.50. The van der Waals surface area contributed by atoms with Gasteiger partial charge >= 0.3 is 5.97 Å². The zero-order valence-corrected chi connectivity index (χ0v) is 19.1. The summed E-state index contributed by atoms with van der Waals surface area (Å²) in [5.74, 6) is 0.0778. The topological polar surface area (TPSA) is 29.5 Å². The predicted octanol–water partition coefficient (Wildman–Crippen LogP) is 6.99. The molecule has 0 amide bonds. The average molecular weight is 384 g/mol. The van der Waals surface area contributed by atoms with E-state index in [9.17, 15) is 4.79 Å². The third kappa shape index (κ3) is 17.3. The molecule has 1 unspecified atom stereocenters. The summed E-state index contributed by atoms with van der Waals surface area (Å²) >= 11 is 0. The molecule has 3 nitrogen and oxygen atoms in total. The van der Waals surface area contributed by atoms with Gasteiger partial charge in [0.05, 0.1) is 12.5 Å². The van der Waals surface area contributed by atoms with Gasteiger partial charge in [-0.2, -0.15) is 0 Å². The van der Waals surface area contributed by atoms with Gasteiger partial charge in [-0.25, -0.2) is 0 Å². The van der Waals surface area contributed by atoms with Gasteiger partial charge in [0.2, 0.25) is 0 Å². The fraction of sp³-hybridized carbons (Fsp3) is 0.958. The monoisotopic (exact) mass is 383 g/mol. The summed E-state index contributed by atoms with van der Waals surface area (Å²) in [6.45, 7) is 13.0. The highest BCUT2D eigenvalue weighted by molar-refractivity contribution is 5.71. The number of hydrogen-bond acceptors (Lipinski definition) is 3. The van der Waals surface area contributed by atoms with Crippen LogP contribution in [0.25, 0.3) is 0 Å². The number of unbranched alkanes of at least 4 members (excludes halogenated alkanes) is 10. The molecule has 0 saturated heterocycles. The van der Waals surface area contributed by atoms with Gasteiger partial charge in [-0.3, -0.25) is 4.79 Å². The molecule has 0 aromatic heterocycles. The minimum absolute atomic E-state index is 0.0108. The van der Waals surface area contributed by atoms with Crippen molar-refractivity contribution in [2.75, 3.05) is 26.2 Å². The van der Waals surface area contributed by atoms with Crippen molar-refractivity contribution in [3.8, 4) is 0 Å². The van der Waals surface area contributed by atoms with Crippen molar-refractivity contribution in [2.24, 2.45) is 5.92 Å². The summed E-state index contributed by atoms with van der Waals surface area (Å²) in [4.78, 5) is 14.6. The van der Waals surface area contributed by atoms with Gasteiger partial charge in [-0.1, -0.05) is 91.9 Å². The van der Waals surface area contributed by atoms with E-state index < -0.39 is 0 Å². The van der Waals surface area contributed by atoms with Gasteiger partial charge in [-0.15, -0.1) is 0 Å². The molecular weight excluding hydrogens is 334 g/mol. The van der Waals surface area contributed by atoms with E-state index in [-0.39, 0.29) is 11.9 Å². The molecule has 0 bridgehead atoms. The molecule has 0 rings (SSSR count). The normalized spacial score (nSPS) is 12.5. The second kappa shape index (κ2) is 20.2. The maximum Gasteiger partial charge on any atom is 0.308 e. The number of carbonyl (C=O) groups is 1. The molecule has 0 radical (unpaired) electrons. The molecule has 3 heteroatoms. The Hall–Kier alpha value is -0.570. The molecule has 0 aromatic carbocycles. The van der Waals surface area contributed by atoms with E-state index in [1.165, 1.54) is 83.7 Å². The highest BCUT2D eigenvalue weighted by Crippen LogP contribution is 2.14. The SMILES string of the molecule is CCCCCCCCC(C)C(=O)OCCCCCCN(CC)CCCCC. The van der Waals surface area contributed by atoms with Crippen LogP contribution in [-0.2, 0) is 9.53 Å². The van der Waals surface area contributed by atoms with Crippen molar-refractivity contribution in [1.29, 1.82) is 0 Å². The second-order valence-corrected chi connectivity index (χ2v) is 8.18. The van der Waals surface area contributed by atoms with Crippen LogP contribution in [0.15, 0.2) is 0 Å². The van der Waals surface area contributed by atoms with Crippen LogP contribution in [0.5, 0.6) is 0 Å². The number of nitrogens with zero attached hydrogens (tertiary/aromatic N) is 1. The Morgan fingerprint density at radius 2 is 1.26 bits per heavy atom. The summed E-state index contributed by atoms with van der Waals surface area (Å²) in [5, 5.41) is 0. The first-order chi connectivity index (χ1) is 13.2. The summed E-state index contributed by atoms with van der Waals surface area (Å²) in [6, 6.07) is 0. The molecule has 0 aliphatic carbocycles. The standard InChI is InChI=1S/C24H49NO2/c1-5-8-10-11-12-15-19-23(4)24(26)27-22-18-14-13-17-21-25(7-3)20-16-9-6-2/h23H,5-22H2,1-4H3. The van der Waals surface area contributed by atoms with Crippen molar-refractivity contribution in [1.82, 2.24) is 4.90 Å². The second-order valence-electron chi connectivity index (χ2n) is 8.18. The number of carbonyl (C=O) groups excluding carboxylic acids is 1. The summed E-state index contributed by atoms with van der Waals surface area (Å²) in [5.41, 5.74) is 0. The zero-order valence-electron chi connectivity index (χ0n) is 19.1. The molecule has 1 atom stereocenters. The van der Waals surface area contributed by atoms with Crippen molar-refractivity contribution < 1.29 is 9.53 Å². The van der Waals surface area contributed by atoms with Crippen LogP contribution in [-0.4, -0.2) is 37.1 Å². The van der Waals surface area contributed by atoms with Crippen LogP contribution >= 0.6 is 0 Å². The summed E-state index contributed by atoms with van der Waals surface area (Å²) in [7, 11) is 0. The molecule has 27 heavy (non-hydrogen) atoms. The van der Waals surface area contributed by atoms with Crippen molar-refractivity contribution in [3.63, 3.8) is 0 Å². The lowest BCUT2D eigenvalue weighted by molar-refractivity contribution is -0.148. The first kappa shape index (κ1) is 26.4. The Bertz CT molecular complexity index is 320. The minimum atomic E-state index is 0.0108. The Morgan fingerprint density at radius 3 is 1.93 bits per heavy atom. The molecular formula is C24H49NO2. The van der Waals surface area contributed by atoms with Crippen LogP contribution in [0.1, 0.15) is 118 Å². The van der Waals surface area contributed by atoms with Gasteiger partial charge in [0.15, 0.2) is 0 Å². The molecule has 0 saturated carbocycles. The first-order valence-corrected chi connectivity index (χ1v) is 12.0. The first-order valence-electron chi connectivity index (χ1n) is 12.0. The fourth-order valence-corrected chi connectivity index (χ4v) is 3.47. The van der Waals surface area contributed by atoms with Gasteiger partial charge < -0.3 is 9.64 Å². The fourth-order valence-electron chi connectivity index (χ4n) is 3.47.